The minimum absolute atomic E-state index is 0.0365. The number of halogens is 1. The normalized spacial score (nSPS) is 18.1. The first-order chi connectivity index (χ1) is 19.0. The van der Waals surface area contributed by atoms with Crippen molar-refractivity contribution in [3.8, 4) is 0 Å². The van der Waals surface area contributed by atoms with Crippen LogP contribution in [0.5, 0.6) is 0 Å². The van der Waals surface area contributed by atoms with Crippen LogP contribution in [0.15, 0.2) is 61.1 Å². The van der Waals surface area contributed by atoms with Crippen molar-refractivity contribution in [3.63, 3.8) is 0 Å². The van der Waals surface area contributed by atoms with Crippen LogP contribution in [-0.4, -0.2) is 32.9 Å². The van der Waals surface area contributed by atoms with Crippen LogP contribution >= 0.6 is 11.6 Å². The molecular formula is C30H30ClN5O3. The summed E-state index contributed by atoms with van der Waals surface area (Å²) >= 11 is 6.11. The largest absolute Gasteiger partial charge is 0.466 e. The SMILES string of the molecule is CCOC(=O)Cc1cc(C2CC2)cn2cc(CNc3ccnc(NC(=O)[C@H]4C[C@@H]4c4cccc(Cl)c4)c3)nc12. The average molecular weight is 544 g/mol. The highest BCUT2D eigenvalue weighted by Crippen LogP contribution is 2.48. The number of esters is 1. The van der Waals surface area contributed by atoms with Gasteiger partial charge in [-0.3, -0.25) is 9.59 Å². The monoisotopic (exact) mass is 543 g/mol. The lowest BCUT2D eigenvalue weighted by Gasteiger charge is -2.08. The van der Waals surface area contributed by atoms with Crippen LogP contribution in [0, 0.1) is 5.92 Å². The molecule has 2 fully saturated rings. The van der Waals surface area contributed by atoms with Crippen LogP contribution in [0.1, 0.15) is 60.4 Å². The summed E-state index contributed by atoms with van der Waals surface area (Å²) in [5.74, 6) is 0.888. The number of fused-ring (bicyclic) bond motifs is 1. The molecule has 3 aromatic heterocycles. The number of ether oxygens (including phenoxy) is 1. The Morgan fingerprint density at radius 3 is 2.79 bits per heavy atom. The van der Waals surface area contributed by atoms with E-state index in [2.05, 4.69) is 27.9 Å². The number of nitrogens with zero attached hydrogens (tertiary/aromatic N) is 3. The highest BCUT2D eigenvalue weighted by atomic mass is 35.5. The molecule has 0 aliphatic heterocycles. The molecule has 6 rings (SSSR count). The van der Waals surface area contributed by atoms with E-state index in [1.54, 1.807) is 6.20 Å². The van der Waals surface area contributed by atoms with Gasteiger partial charge in [0, 0.05) is 46.8 Å². The second kappa shape index (κ2) is 10.7. The summed E-state index contributed by atoms with van der Waals surface area (Å²) in [4.78, 5) is 34.2. The first-order valence-corrected chi connectivity index (χ1v) is 13.8. The Hall–Kier alpha value is -3.91. The predicted molar refractivity (Wildman–Crippen MR) is 150 cm³/mol. The van der Waals surface area contributed by atoms with Gasteiger partial charge in [-0.2, -0.15) is 0 Å². The third-order valence-corrected chi connectivity index (χ3v) is 7.51. The Morgan fingerprint density at radius 2 is 2.00 bits per heavy atom. The van der Waals surface area contributed by atoms with E-state index in [-0.39, 0.29) is 30.1 Å². The molecule has 0 spiro atoms. The number of nitrogens with one attached hydrogen (secondary N) is 2. The van der Waals surface area contributed by atoms with E-state index >= 15 is 0 Å². The van der Waals surface area contributed by atoms with Gasteiger partial charge in [-0.15, -0.1) is 0 Å². The molecular weight excluding hydrogens is 514 g/mol. The number of benzene rings is 1. The molecule has 0 radical (unpaired) electrons. The van der Waals surface area contributed by atoms with Crippen molar-refractivity contribution in [3.05, 3.63) is 88.5 Å². The summed E-state index contributed by atoms with van der Waals surface area (Å²) in [7, 11) is 0. The molecule has 1 aromatic carbocycles. The highest BCUT2D eigenvalue weighted by molar-refractivity contribution is 6.30. The number of anilines is 2. The number of rotatable bonds is 10. The fourth-order valence-electron chi connectivity index (χ4n) is 5.08. The van der Waals surface area contributed by atoms with E-state index in [1.165, 1.54) is 18.4 Å². The molecule has 1 amide bonds. The Kier molecular flexibility index (Phi) is 6.95. The maximum absolute atomic E-state index is 12.8. The number of hydrogen-bond acceptors (Lipinski definition) is 6. The molecule has 9 heteroatoms. The highest BCUT2D eigenvalue weighted by Gasteiger charge is 2.44. The third-order valence-electron chi connectivity index (χ3n) is 7.28. The number of aromatic nitrogens is 3. The summed E-state index contributed by atoms with van der Waals surface area (Å²) in [6.45, 7) is 2.65. The number of carbonyl (C=O) groups excluding carboxylic acids is 2. The van der Waals surface area contributed by atoms with Gasteiger partial charge >= 0.3 is 5.97 Å². The number of imidazole rings is 1. The lowest BCUT2D eigenvalue weighted by molar-refractivity contribution is -0.142. The molecule has 3 heterocycles. The molecule has 0 unspecified atom stereocenters. The number of carbonyl (C=O) groups is 2. The van der Waals surface area contributed by atoms with Crippen LogP contribution in [0.3, 0.4) is 0 Å². The molecule has 0 bridgehead atoms. The fourth-order valence-corrected chi connectivity index (χ4v) is 5.28. The van der Waals surface area contributed by atoms with Crippen molar-refractivity contribution in [1.29, 1.82) is 0 Å². The quantitative estimate of drug-likeness (QED) is 0.248. The second-order valence-electron chi connectivity index (χ2n) is 10.3. The summed E-state index contributed by atoms with van der Waals surface area (Å²) < 4.78 is 7.20. The van der Waals surface area contributed by atoms with Crippen LogP contribution in [0.2, 0.25) is 5.02 Å². The molecule has 2 saturated carbocycles. The summed E-state index contributed by atoms with van der Waals surface area (Å²) in [6, 6.07) is 13.5. The molecule has 2 atom stereocenters. The topological polar surface area (TPSA) is 97.6 Å². The Balaban J connectivity index is 1.11. The van der Waals surface area contributed by atoms with E-state index < -0.39 is 0 Å². The summed E-state index contributed by atoms with van der Waals surface area (Å²) in [5.41, 5.74) is 5.65. The molecule has 200 valence electrons. The van der Waals surface area contributed by atoms with Gasteiger partial charge < -0.3 is 19.8 Å². The Bertz CT molecular complexity index is 1550. The van der Waals surface area contributed by atoms with E-state index in [0.29, 0.717) is 29.9 Å². The number of hydrogen-bond donors (Lipinski definition) is 2. The van der Waals surface area contributed by atoms with Crippen LogP contribution < -0.4 is 10.6 Å². The molecule has 8 nitrogen and oxygen atoms in total. The molecule has 2 aliphatic carbocycles. The minimum Gasteiger partial charge on any atom is -0.466 e. The van der Waals surface area contributed by atoms with Crippen LogP contribution in [0.4, 0.5) is 11.5 Å². The van der Waals surface area contributed by atoms with Gasteiger partial charge in [0.1, 0.15) is 11.5 Å². The van der Waals surface area contributed by atoms with Gasteiger partial charge in [-0.1, -0.05) is 23.7 Å². The smallest absolute Gasteiger partial charge is 0.310 e. The number of amides is 1. The molecule has 4 aromatic rings. The zero-order chi connectivity index (χ0) is 26.9. The summed E-state index contributed by atoms with van der Waals surface area (Å²) in [6.07, 6.45) is 9.14. The molecule has 39 heavy (non-hydrogen) atoms. The van der Waals surface area contributed by atoms with Gasteiger partial charge in [0.25, 0.3) is 0 Å². The van der Waals surface area contributed by atoms with Gasteiger partial charge in [0.15, 0.2) is 0 Å². The van der Waals surface area contributed by atoms with Crippen molar-refractivity contribution in [2.24, 2.45) is 5.92 Å². The molecule has 2 aliphatic rings. The first-order valence-electron chi connectivity index (χ1n) is 13.4. The lowest BCUT2D eigenvalue weighted by Crippen LogP contribution is -2.15. The van der Waals surface area contributed by atoms with Crippen molar-refractivity contribution in [1.82, 2.24) is 14.4 Å². The average Bonchev–Trinajstić information content (AvgIpc) is 3.84. The fraction of sp³-hybridized carbons (Fsp3) is 0.333. The third kappa shape index (κ3) is 5.91. The van der Waals surface area contributed by atoms with Crippen molar-refractivity contribution >= 4 is 40.6 Å². The Morgan fingerprint density at radius 1 is 1.13 bits per heavy atom. The second-order valence-corrected chi connectivity index (χ2v) is 10.7. The lowest BCUT2D eigenvalue weighted by atomic mass is 10.1. The zero-order valence-corrected chi connectivity index (χ0v) is 22.4. The Labute approximate surface area is 231 Å². The van der Waals surface area contributed by atoms with E-state index in [0.717, 1.165) is 34.6 Å². The van der Waals surface area contributed by atoms with Gasteiger partial charge in [0.2, 0.25) is 5.91 Å². The first kappa shape index (κ1) is 25.4. The molecule has 2 N–H and O–H groups in total. The van der Waals surface area contributed by atoms with Gasteiger partial charge in [-0.25, -0.2) is 9.97 Å². The molecule has 0 saturated heterocycles. The van der Waals surface area contributed by atoms with E-state index in [9.17, 15) is 9.59 Å². The van der Waals surface area contributed by atoms with Crippen LogP contribution in [-0.2, 0) is 27.3 Å². The van der Waals surface area contributed by atoms with Crippen molar-refractivity contribution < 1.29 is 14.3 Å². The zero-order valence-electron chi connectivity index (χ0n) is 21.7. The summed E-state index contributed by atoms with van der Waals surface area (Å²) in [5, 5.41) is 7.01. The standard InChI is InChI=1S/C30H30ClN5O3/c1-2-39-28(37)12-20-10-21(18-6-7-18)16-36-17-24(34-29(20)36)15-33-23-8-9-32-27(13-23)35-30(38)26-14-25(26)19-4-3-5-22(31)11-19/h3-5,8-11,13,16-18,25-26H,2,6-7,12,14-15H2,1H3,(H2,32,33,35,38)/t25-,26+/m1/s1. The maximum atomic E-state index is 12.8. The van der Waals surface area contributed by atoms with E-state index in [4.69, 9.17) is 21.3 Å². The minimum atomic E-state index is -0.244. The van der Waals surface area contributed by atoms with Crippen molar-refractivity contribution in [2.45, 2.75) is 51.0 Å². The van der Waals surface area contributed by atoms with Crippen molar-refractivity contribution in [2.75, 3.05) is 17.2 Å². The number of pyridine rings is 2. The van der Waals surface area contributed by atoms with Gasteiger partial charge in [-0.05, 0) is 73.4 Å². The predicted octanol–water partition coefficient (Wildman–Crippen LogP) is 5.72. The van der Waals surface area contributed by atoms with Gasteiger partial charge in [0.05, 0.1) is 25.3 Å². The van der Waals surface area contributed by atoms with Crippen LogP contribution in [0.25, 0.3) is 5.65 Å². The maximum Gasteiger partial charge on any atom is 0.310 e. The van der Waals surface area contributed by atoms with E-state index in [1.807, 2.05) is 53.9 Å².